The van der Waals surface area contributed by atoms with Crippen molar-refractivity contribution in [3.63, 3.8) is 0 Å². The Labute approximate surface area is 102 Å². The molecule has 17 heavy (non-hydrogen) atoms. The lowest BCUT2D eigenvalue weighted by Gasteiger charge is -2.14. The van der Waals surface area contributed by atoms with Gasteiger partial charge in [-0.2, -0.15) is 0 Å². The van der Waals surface area contributed by atoms with Gasteiger partial charge in [0.1, 0.15) is 5.82 Å². The summed E-state index contributed by atoms with van der Waals surface area (Å²) in [5, 5.41) is 3.32. The topological polar surface area (TPSA) is 57.8 Å². The lowest BCUT2D eigenvalue weighted by molar-refractivity contribution is 0.569. The molecule has 0 spiro atoms. The number of nitrogens with zero attached hydrogens (tertiary/aromatic N) is 1. The zero-order valence-electron chi connectivity index (χ0n) is 11.0. The van der Waals surface area contributed by atoms with Gasteiger partial charge in [0.25, 0.3) is 5.56 Å². The van der Waals surface area contributed by atoms with Crippen LogP contribution in [0, 0.1) is 13.8 Å². The van der Waals surface area contributed by atoms with Gasteiger partial charge in [0.15, 0.2) is 0 Å². The van der Waals surface area contributed by atoms with Gasteiger partial charge in [0, 0.05) is 11.7 Å². The van der Waals surface area contributed by atoms with E-state index < -0.39 is 0 Å². The average Bonchev–Trinajstić information content (AvgIpc) is 2.23. The first-order valence-corrected chi connectivity index (χ1v) is 5.98. The Bertz CT molecular complexity index is 448. The largest absolute Gasteiger partial charge is 0.310 e. The maximum atomic E-state index is 11.8. The minimum Gasteiger partial charge on any atom is -0.310 e. The van der Waals surface area contributed by atoms with Crippen molar-refractivity contribution in [2.24, 2.45) is 0 Å². The minimum absolute atomic E-state index is 0.0251. The van der Waals surface area contributed by atoms with E-state index in [1.807, 2.05) is 26.8 Å². The van der Waals surface area contributed by atoms with Crippen LogP contribution in [0.2, 0.25) is 0 Å². The van der Waals surface area contributed by atoms with Crippen LogP contribution >= 0.6 is 0 Å². The van der Waals surface area contributed by atoms with Gasteiger partial charge in [-0.1, -0.05) is 12.2 Å². The highest BCUT2D eigenvalue weighted by Crippen LogP contribution is 2.10. The number of aromatic amines is 1. The number of H-pyrrole nitrogens is 1. The summed E-state index contributed by atoms with van der Waals surface area (Å²) in [6.07, 6.45) is 5.10. The Kier molecular flexibility index (Phi) is 5.10. The molecule has 1 aromatic heterocycles. The van der Waals surface area contributed by atoms with E-state index in [-0.39, 0.29) is 11.6 Å². The summed E-state index contributed by atoms with van der Waals surface area (Å²) in [6.45, 7) is 8.52. The smallest absolute Gasteiger partial charge is 0.255 e. The third-order valence-electron chi connectivity index (χ3n) is 2.69. The van der Waals surface area contributed by atoms with Crippen LogP contribution in [-0.2, 0) is 0 Å². The molecule has 4 heteroatoms. The number of aromatic nitrogens is 2. The molecular formula is C13H21N3O. The standard InChI is InChI=1S/C13H21N3O/c1-5-6-7-8-14-9(2)12-10(3)15-11(4)16-13(12)17/h5-6,9,14H,7-8H2,1-4H3,(H,15,16,17)/b6-5+. The van der Waals surface area contributed by atoms with E-state index in [2.05, 4.69) is 21.4 Å². The lowest BCUT2D eigenvalue weighted by Crippen LogP contribution is -2.28. The third kappa shape index (κ3) is 3.82. The molecule has 0 saturated heterocycles. The molecule has 0 radical (unpaired) electrons. The average molecular weight is 235 g/mol. The molecule has 94 valence electrons. The molecule has 1 atom stereocenters. The molecule has 4 nitrogen and oxygen atoms in total. The highest BCUT2D eigenvalue weighted by molar-refractivity contribution is 5.19. The number of hydrogen-bond acceptors (Lipinski definition) is 3. The quantitative estimate of drug-likeness (QED) is 0.606. The molecule has 0 aromatic carbocycles. The fourth-order valence-corrected chi connectivity index (χ4v) is 1.90. The van der Waals surface area contributed by atoms with Gasteiger partial charge in [-0.3, -0.25) is 4.79 Å². The first kappa shape index (κ1) is 13.6. The third-order valence-corrected chi connectivity index (χ3v) is 2.69. The zero-order chi connectivity index (χ0) is 12.8. The first-order valence-electron chi connectivity index (χ1n) is 5.98. The summed E-state index contributed by atoms with van der Waals surface area (Å²) >= 11 is 0. The van der Waals surface area contributed by atoms with Crippen LogP contribution in [0.1, 0.15) is 43.4 Å². The van der Waals surface area contributed by atoms with E-state index in [1.165, 1.54) is 0 Å². The van der Waals surface area contributed by atoms with Gasteiger partial charge in [-0.15, -0.1) is 0 Å². The summed E-state index contributed by atoms with van der Waals surface area (Å²) in [7, 11) is 0. The van der Waals surface area contributed by atoms with Gasteiger partial charge in [0.2, 0.25) is 0 Å². The number of allylic oxidation sites excluding steroid dienone is 1. The van der Waals surface area contributed by atoms with Crippen LogP contribution in [-0.4, -0.2) is 16.5 Å². The van der Waals surface area contributed by atoms with E-state index >= 15 is 0 Å². The molecule has 0 saturated carbocycles. The molecule has 0 fully saturated rings. The SMILES string of the molecule is C/C=C/CCNC(C)c1c(C)nc(C)[nH]c1=O. The molecule has 0 aliphatic carbocycles. The van der Waals surface area contributed by atoms with Crippen molar-refractivity contribution in [1.82, 2.24) is 15.3 Å². The van der Waals surface area contributed by atoms with Crippen LogP contribution in [0.15, 0.2) is 16.9 Å². The Morgan fingerprint density at radius 2 is 2.18 bits per heavy atom. The molecule has 1 unspecified atom stereocenters. The number of rotatable bonds is 5. The van der Waals surface area contributed by atoms with Gasteiger partial charge >= 0.3 is 0 Å². The summed E-state index contributed by atoms with van der Waals surface area (Å²) < 4.78 is 0. The molecule has 1 aromatic rings. The van der Waals surface area contributed by atoms with Crippen molar-refractivity contribution in [2.45, 2.75) is 40.2 Å². The summed E-state index contributed by atoms with van der Waals surface area (Å²) in [5.41, 5.74) is 1.49. The van der Waals surface area contributed by atoms with Crippen LogP contribution in [0.3, 0.4) is 0 Å². The van der Waals surface area contributed by atoms with Gasteiger partial charge in [0.05, 0.1) is 5.56 Å². The van der Waals surface area contributed by atoms with Crippen LogP contribution in [0.5, 0.6) is 0 Å². The predicted octanol–water partition coefficient (Wildman–Crippen LogP) is 2.00. The summed E-state index contributed by atoms with van der Waals surface area (Å²) in [6, 6.07) is 0.0251. The van der Waals surface area contributed by atoms with Gasteiger partial charge in [-0.05, 0) is 40.7 Å². The van der Waals surface area contributed by atoms with Crippen molar-refractivity contribution in [2.75, 3.05) is 6.54 Å². The molecule has 2 N–H and O–H groups in total. The Morgan fingerprint density at radius 3 is 2.76 bits per heavy atom. The van der Waals surface area contributed by atoms with E-state index in [9.17, 15) is 4.79 Å². The van der Waals surface area contributed by atoms with E-state index in [0.29, 0.717) is 5.82 Å². The van der Waals surface area contributed by atoms with Gasteiger partial charge < -0.3 is 10.3 Å². The van der Waals surface area contributed by atoms with Crippen molar-refractivity contribution >= 4 is 0 Å². The Morgan fingerprint density at radius 1 is 1.47 bits per heavy atom. The van der Waals surface area contributed by atoms with Crippen molar-refractivity contribution in [1.29, 1.82) is 0 Å². The van der Waals surface area contributed by atoms with Crippen molar-refractivity contribution < 1.29 is 0 Å². The summed E-state index contributed by atoms with van der Waals surface area (Å²) in [4.78, 5) is 18.9. The Hall–Kier alpha value is -1.42. The van der Waals surface area contributed by atoms with E-state index in [1.54, 1.807) is 6.92 Å². The molecule has 0 aliphatic heterocycles. The highest BCUT2D eigenvalue weighted by Gasteiger charge is 2.13. The second kappa shape index (κ2) is 6.35. The molecule has 1 rings (SSSR count). The highest BCUT2D eigenvalue weighted by atomic mass is 16.1. The molecule has 0 bridgehead atoms. The fraction of sp³-hybridized carbons (Fsp3) is 0.538. The van der Waals surface area contributed by atoms with Crippen molar-refractivity contribution in [3.8, 4) is 0 Å². The molecule has 1 heterocycles. The van der Waals surface area contributed by atoms with Gasteiger partial charge in [-0.25, -0.2) is 4.98 Å². The maximum Gasteiger partial charge on any atom is 0.255 e. The maximum absolute atomic E-state index is 11.8. The lowest BCUT2D eigenvalue weighted by atomic mass is 10.1. The van der Waals surface area contributed by atoms with Crippen LogP contribution in [0.4, 0.5) is 0 Å². The number of nitrogens with one attached hydrogen (secondary N) is 2. The predicted molar refractivity (Wildman–Crippen MR) is 70.2 cm³/mol. The number of aryl methyl sites for hydroxylation is 2. The zero-order valence-corrected chi connectivity index (χ0v) is 11.0. The molecule has 0 amide bonds. The van der Waals surface area contributed by atoms with Crippen LogP contribution < -0.4 is 10.9 Å². The normalized spacial score (nSPS) is 13.2. The first-order chi connectivity index (χ1) is 8.06. The van der Waals surface area contributed by atoms with Crippen molar-refractivity contribution in [3.05, 3.63) is 39.6 Å². The van der Waals surface area contributed by atoms with E-state index in [0.717, 1.165) is 24.2 Å². The molecule has 0 aliphatic rings. The fourth-order valence-electron chi connectivity index (χ4n) is 1.90. The summed E-state index contributed by atoms with van der Waals surface area (Å²) in [5.74, 6) is 0.664. The number of hydrogen-bond donors (Lipinski definition) is 2. The van der Waals surface area contributed by atoms with Crippen LogP contribution in [0.25, 0.3) is 0 Å². The second-order valence-electron chi connectivity index (χ2n) is 4.18. The Balaban J connectivity index is 2.75. The monoisotopic (exact) mass is 235 g/mol. The van der Waals surface area contributed by atoms with E-state index in [4.69, 9.17) is 0 Å². The molecular weight excluding hydrogens is 214 g/mol. The minimum atomic E-state index is -0.0407. The second-order valence-corrected chi connectivity index (χ2v) is 4.18.